The Labute approximate surface area is 152 Å². The second-order valence-corrected chi connectivity index (χ2v) is 8.23. The van der Waals surface area contributed by atoms with Crippen LogP contribution in [0.1, 0.15) is 24.4 Å². The molecule has 0 aliphatic carbocycles. The van der Waals surface area contributed by atoms with E-state index in [1.165, 1.54) is 10.5 Å². The van der Waals surface area contributed by atoms with Crippen molar-refractivity contribution in [2.75, 3.05) is 13.1 Å². The van der Waals surface area contributed by atoms with Crippen molar-refractivity contribution in [3.63, 3.8) is 0 Å². The maximum absolute atomic E-state index is 12.7. The molecule has 1 aliphatic heterocycles. The number of hydrogen-bond acceptors (Lipinski definition) is 6. The van der Waals surface area contributed by atoms with Crippen molar-refractivity contribution < 1.29 is 17.9 Å². The van der Waals surface area contributed by atoms with E-state index in [1.807, 2.05) is 6.07 Å². The van der Waals surface area contributed by atoms with E-state index in [0.717, 1.165) is 0 Å². The number of esters is 1. The molecule has 0 spiro atoms. The van der Waals surface area contributed by atoms with Gasteiger partial charge in [0.15, 0.2) is 5.03 Å². The highest BCUT2D eigenvalue weighted by Crippen LogP contribution is 2.24. The number of carbonyl (C=O) groups is 1. The summed E-state index contributed by atoms with van der Waals surface area (Å²) in [6, 6.07) is 5.42. The standard InChI is InChI=1S/C17H22N4O4S/c1-13-19-16(11-20(13)2)26(23,24)21-9-6-14(7-10-21)17(22)25-12-15-5-3-4-8-18-15/h3-5,8,11,14H,6-7,9-10,12H2,1-2H3. The zero-order chi connectivity index (χ0) is 18.7. The second kappa shape index (κ2) is 7.55. The Morgan fingerprint density at radius 2 is 2.04 bits per heavy atom. The molecule has 8 nitrogen and oxygen atoms in total. The van der Waals surface area contributed by atoms with Gasteiger partial charge in [-0.2, -0.15) is 4.31 Å². The summed E-state index contributed by atoms with van der Waals surface area (Å²) in [6.45, 7) is 2.44. The largest absolute Gasteiger partial charge is 0.459 e. The highest BCUT2D eigenvalue weighted by molar-refractivity contribution is 7.89. The second-order valence-electron chi connectivity index (χ2n) is 6.34. The van der Waals surface area contributed by atoms with Gasteiger partial charge in [0.05, 0.1) is 11.6 Å². The van der Waals surface area contributed by atoms with Crippen LogP contribution in [0.15, 0.2) is 35.6 Å². The third-order valence-electron chi connectivity index (χ3n) is 4.57. The molecule has 0 bridgehead atoms. The Bertz CT molecular complexity index is 852. The fraction of sp³-hybridized carbons (Fsp3) is 0.471. The van der Waals surface area contributed by atoms with E-state index < -0.39 is 10.0 Å². The first-order chi connectivity index (χ1) is 12.4. The van der Waals surface area contributed by atoms with Crippen LogP contribution in [-0.2, 0) is 33.2 Å². The lowest BCUT2D eigenvalue weighted by molar-refractivity contribution is -0.151. The maximum atomic E-state index is 12.7. The minimum atomic E-state index is -3.63. The predicted octanol–water partition coefficient (Wildman–Crippen LogP) is 1.27. The van der Waals surface area contributed by atoms with Gasteiger partial charge in [0.2, 0.25) is 0 Å². The summed E-state index contributed by atoms with van der Waals surface area (Å²) >= 11 is 0. The van der Waals surface area contributed by atoms with Gasteiger partial charge in [0.25, 0.3) is 10.0 Å². The van der Waals surface area contributed by atoms with E-state index in [2.05, 4.69) is 9.97 Å². The predicted molar refractivity (Wildman–Crippen MR) is 93.5 cm³/mol. The molecule has 3 heterocycles. The first kappa shape index (κ1) is 18.5. The molecule has 9 heteroatoms. The first-order valence-electron chi connectivity index (χ1n) is 8.44. The summed E-state index contributed by atoms with van der Waals surface area (Å²) in [4.78, 5) is 20.4. The van der Waals surface area contributed by atoms with Crippen molar-refractivity contribution in [1.29, 1.82) is 0 Å². The molecule has 1 saturated heterocycles. The van der Waals surface area contributed by atoms with Crippen LogP contribution in [0.25, 0.3) is 0 Å². The number of aromatic nitrogens is 3. The summed E-state index contributed by atoms with van der Waals surface area (Å²) in [5, 5.41) is 0.0497. The van der Waals surface area contributed by atoms with Crippen LogP contribution in [-0.4, -0.2) is 46.3 Å². The molecule has 0 radical (unpaired) electrons. The van der Waals surface area contributed by atoms with Gasteiger partial charge in [-0.1, -0.05) is 6.07 Å². The van der Waals surface area contributed by atoms with Crippen LogP contribution in [0.5, 0.6) is 0 Å². The molecule has 1 fully saturated rings. The number of sulfonamides is 1. The molecule has 26 heavy (non-hydrogen) atoms. The van der Waals surface area contributed by atoms with Crippen molar-refractivity contribution in [3.05, 3.63) is 42.1 Å². The average Bonchev–Trinajstić information content (AvgIpc) is 3.00. The van der Waals surface area contributed by atoms with Crippen molar-refractivity contribution in [2.45, 2.75) is 31.4 Å². The number of aryl methyl sites for hydroxylation is 2. The average molecular weight is 378 g/mol. The molecule has 0 saturated carbocycles. The van der Waals surface area contributed by atoms with E-state index in [1.54, 1.807) is 36.9 Å². The molecule has 0 unspecified atom stereocenters. The van der Waals surface area contributed by atoms with E-state index in [0.29, 0.717) is 24.4 Å². The van der Waals surface area contributed by atoms with E-state index >= 15 is 0 Å². The molecule has 2 aromatic heterocycles. The molecular formula is C17H22N4O4S. The maximum Gasteiger partial charge on any atom is 0.309 e. The Balaban J connectivity index is 1.56. The minimum absolute atomic E-state index is 0.0497. The Kier molecular flexibility index (Phi) is 5.38. The lowest BCUT2D eigenvalue weighted by Gasteiger charge is -2.29. The molecule has 0 amide bonds. The van der Waals surface area contributed by atoms with Crippen molar-refractivity contribution in [1.82, 2.24) is 18.8 Å². The van der Waals surface area contributed by atoms with Gasteiger partial charge in [-0.25, -0.2) is 13.4 Å². The zero-order valence-corrected chi connectivity index (χ0v) is 15.6. The molecule has 140 valence electrons. The number of imidazole rings is 1. The summed E-state index contributed by atoms with van der Waals surface area (Å²) in [7, 11) is -1.87. The summed E-state index contributed by atoms with van der Waals surface area (Å²) in [5.41, 5.74) is 0.686. The first-order valence-corrected chi connectivity index (χ1v) is 9.88. The molecular weight excluding hydrogens is 356 g/mol. The smallest absolute Gasteiger partial charge is 0.309 e. The summed E-state index contributed by atoms with van der Waals surface area (Å²) < 4.78 is 33.7. The zero-order valence-electron chi connectivity index (χ0n) is 14.8. The monoisotopic (exact) mass is 378 g/mol. The normalized spacial score (nSPS) is 16.5. The van der Waals surface area contributed by atoms with Crippen LogP contribution >= 0.6 is 0 Å². The van der Waals surface area contributed by atoms with Gasteiger partial charge >= 0.3 is 5.97 Å². The van der Waals surface area contributed by atoms with Crippen LogP contribution in [0.3, 0.4) is 0 Å². The third kappa shape index (κ3) is 3.94. The lowest BCUT2D eigenvalue weighted by atomic mass is 9.98. The summed E-state index contributed by atoms with van der Waals surface area (Å²) in [5.74, 6) is 0.0357. The molecule has 0 N–H and O–H groups in total. The Hall–Kier alpha value is -2.26. The Morgan fingerprint density at radius 3 is 2.62 bits per heavy atom. The molecule has 3 rings (SSSR count). The Morgan fingerprint density at radius 1 is 1.31 bits per heavy atom. The van der Waals surface area contributed by atoms with Crippen LogP contribution in [0.4, 0.5) is 0 Å². The van der Waals surface area contributed by atoms with Gasteiger partial charge in [-0.15, -0.1) is 0 Å². The van der Waals surface area contributed by atoms with E-state index in [-0.39, 0.29) is 36.6 Å². The SMILES string of the molecule is Cc1nc(S(=O)(=O)N2CCC(C(=O)OCc3ccccn3)CC2)cn1C. The number of hydrogen-bond donors (Lipinski definition) is 0. The fourth-order valence-electron chi connectivity index (χ4n) is 2.86. The highest BCUT2D eigenvalue weighted by Gasteiger charge is 2.34. The number of rotatable bonds is 5. The van der Waals surface area contributed by atoms with Crippen molar-refractivity contribution in [3.8, 4) is 0 Å². The number of pyridine rings is 1. The van der Waals surface area contributed by atoms with Gasteiger partial charge in [-0.3, -0.25) is 9.78 Å². The quantitative estimate of drug-likeness (QED) is 0.727. The van der Waals surface area contributed by atoms with Gasteiger partial charge in [-0.05, 0) is 31.9 Å². The molecule has 0 atom stereocenters. The number of ether oxygens (including phenoxy) is 1. The van der Waals surface area contributed by atoms with Gasteiger partial charge in [0, 0.05) is 32.5 Å². The highest BCUT2D eigenvalue weighted by atomic mass is 32.2. The van der Waals surface area contributed by atoms with E-state index in [4.69, 9.17) is 4.74 Å². The fourth-order valence-corrected chi connectivity index (χ4v) is 4.36. The molecule has 2 aromatic rings. The topological polar surface area (TPSA) is 94.4 Å². The molecule has 1 aliphatic rings. The van der Waals surface area contributed by atoms with Crippen LogP contribution < -0.4 is 0 Å². The van der Waals surface area contributed by atoms with E-state index in [9.17, 15) is 13.2 Å². The molecule has 0 aromatic carbocycles. The minimum Gasteiger partial charge on any atom is -0.459 e. The number of nitrogens with zero attached hydrogens (tertiary/aromatic N) is 4. The van der Waals surface area contributed by atoms with Gasteiger partial charge < -0.3 is 9.30 Å². The number of carbonyl (C=O) groups excluding carboxylic acids is 1. The van der Waals surface area contributed by atoms with Crippen molar-refractivity contribution >= 4 is 16.0 Å². The third-order valence-corrected chi connectivity index (χ3v) is 6.34. The van der Waals surface area contributed by atoms with Crippen LogP contribution in [0.2, 0.25) is 0 Å². The number of piperidine rings is 1. The van der Waals surface area contributed by atoms with Gasteiger partial charge in [0.1, 0.15) is 12.4 Å². The summed E-state index contributed by atoms with van der Waals surface area (Å²) in [6.07, 6.45) is 4.03. The lowest BCUT2D eigenvalue weighted by Crippen LogP contribution is -2.40. The van der Waals surface area contributed by atoms with Crippen molar-refractivity contribution in [2.24, 2.45) is 13.0 Å². The van der Waals surface area contributed by atoms with Crippen LogP contribution in [0, 0.1) is 12.8 Å².